The molecule has 140 valence electrons. The highest BCUT2D eigenvalue weighted by Crippen LogP contribution is 2.30. The van der Waals surface area contributed by atoms with Gasteiger partial charge in [0.05, 0.1) is 23.7 Å². The van der Waals surface area contributed by atoms with Crippen molar-refractivity contribution in [2.24, 2.45) is 0 Å². The number of rotatable bonds is 5. The molecule has 0 aliphatic carbocycles. The molecule has 0 N–H and O–H groups in total. The first kappa shape index (κ1) is 18.6. The van der Waals surface area contributed by atoms with E-state index in [1.165, 1.54) is 11.8 Å². The van der Waals surface area contributed by atoms with E-state index in [1.807, 2.05) is 60.7 Å². The van der Waals surface area contributed by atoms with Gasteiger partial charge in [0.2, 0.25) is 0 Å². The minimum absolute atomic E-state index is 0.0858. The highest BCUT2D eigenvalue weighted by atomic mass is 35.5. The predicted octanol–water partition coefficient (Wildman–Crippen LogP) is 5.34. The number of ether oxygens (including phenoxy) is 1. The van der Waals surface area contributed by atoms with Crippen molar-refractivity contribution < 1.29 is 4.74 Å². The zero-order valence-corrected chi connectivity index (χ0v) is 16.7. The molecular formula is C22H17ClN2O2S. The molecule has 0 bridgehead atoms. The van der Waals surface area contributed by atoms with E-state index in [0.29, 0.717) is 26.8 Å². The molecule has 4 rings (SSSR count). The third kappa shape index (κ3) is 3.63. The van der Waals surface area contributed by atoms with Crippen molar-refractivity contribution in [3.8, 4) is 11.4 Å². The Balaban J connectivity index is 1.82. The standard InChI is InChI=1S/C22H17ClN2O2S/c1-27-20-12-11-16(23)13-15(20)14-28-22-24-19-10-6-5-9-18(19)21(26)25(22)17-7-3-2-4-8-17/h2-13H,14H2,1H3. The summed E-state index contributed by atoms with van der Waals surface area (Å²) in [6.07, 6.45) is 0. The lowest BCUT2D eigenvalue weighted by molar-refractivity contribution is 0.411. The number of nitrogens with zero attached hydrogens (tertiary/aromatic N) is 2. The van der Waals surface area contributed by atoms with Gasteiger partial charge in [0.25, 0.3) is 5.56 Å². The fourth-order valence-corrected chi connectivity index (χ4v) is 4.20. The number of hydrogen-bond acceptors (Lipinski definition) is 4. The number of benzene rings is 3. The maximum atomic E-state index is 13.2. The Bertz CT molecular complexity index is 1190. The quantitative estimate of drug-likeness (QED) is 0.330. The molecule has 0 saturated heterocycles. The minimum Gasteiger partial charge on any atom is -0.496 e. The van der Waals surface area contributed by atoms with Gasteiger partial charge in [0.15, 0.2) is 5.16 Å². The van der Waals surface area contributed by atoms with E-state index in [2.05, 4.69) is 0 Å². The molecule has 0 saturated carbocycles. The lowest BCUT2D eigenvalue weighted by atomic mass is 10.2. The van der Waals surface area contributed by atoms with Crippen molar-refractivity contribution in [1.82, 2.24) is 9.55 Å². The fourth-order valence-electron chi connectivity index (χ4n) is 3.02. The largest absolute Gasteiger partial charge is 0.496 e. The lowest BCUT2D eigenvalue weighted by Gasteiger charge is -2.14. The van der Waals surface area contributed by atoms with Crippen LogP contribution in [0.2, 0.25) is 5.02 Å². The molecule has 0 radical (unpaired) electrons. The van der Waals surface area contributed by atoms with Crippen LogP contribution in [0.3, 0.4) is 0 Å². The first-order valence-corrected chi connectivity index (χ1v) is 10.1. The van der Waals surface area contributed by atoms with Crippen molar-refractivity contribution in [3.05, 3.63) is 93.7 Å². The maximum absolute atomic E-state index is 13.2. The molecule has 0 amide bonds. The van der Waals surface area contributed by atoms with Gasteiger partial charge in [-0.2, -0.15) is 0 Å². The average molecular weight is 409 g/mol. The van der Waals surface area contributed by atoms with E-state index in [0.717, 1.165) is 17.0 Å². The first-order valence-electron chi connectivity index (χ1n) is 8.70. The summed E-state index contributed by atoms with van der Waals surface area (Å²) in [5, 5.41) is 1.86. The van der Waals surface area contributed by atoms with Crippen LogP contribution < -0.4 is 10.3 Å². The Hall–Kier alpha value is -2.76. The summed E-state index contributed by atoms with van der Waals surface area (Å²) in [5.74, 6) is 1.33. The van der Waals surface area contributed by atoms with Crippen LogP contribution in [0.25, 0.3) is 16.6 Å². The highest BCUT2D eigenvalue weighted by molar-refractivity contribution is 7.98. The van der Waals surface area contributed by atoms with E-state index in [-0.39, 0.29) is 5.56 Å². The van der Waals surface area contributed by atoms with Crippen LogP contribution >= 0.6 is 23.4 Å². The summed E-state index contributed by atoms with van der Waals surface area (Å²) in [5.41, 5.74) is 2.32. The van der Waals surface area contributed by atoms with Gasteiger partial charge in [-0.25, -0.2) is 4.98 Å². The summed E-state index contributed by atoms with van der Waals surface area (Å²) in [4.78, 5) is 18.0. The number of methoxy groups -OCH3 is 1. The van der Waals surface area contributed by atoms with Gasteiger partial charge in [0, 0.05) is 16.3 Å². The lowest BCUT2D eigenvalue weighted by Crippen LogP contribution is -2.21. The highest BCUT2D eigenvalue weighted by Gasteiger charge is 2.14. The molecular weight excluding hydrogens is 392 g/mol. The van der Waals surface area contributed by atoms with Gasteiger partial charge in [-0.05, 0) is 42.5 Å². The zero-order valence-electron chi connectivity index (χ0n) is 15.1. The topological polar surface area (TPSA) is 44.1 Å². The molecule has 0 fully saturated rings. The molecule has 4 aromatic rings. The van der Waals surface area contributed by atoms with Gasteiger partial charge in [-0.1, -0.05) is 53.7 Å². The number of hydrogen-bond donors (Lipinski definition) is 0. The van der Waals surface area contributed by atoms with Crippen LogP contribution in [0.5, 0.6) is 5.75 Å². The van der Waals surface area contributed by atoms with Crippen LogP contribution in [0, 0.1) is 0 Å². The molecule has 3 aromatic carbocycles. The Morgan fingerprint density at radius 1 is 1.04 bits per heavy atom. The van der Waals surface area contributed by atoms with Crippen LogP contribution in [0.15, 0.2) is 82.7 Å². The summed E-state index contributed by atoms with van der Waals surface area (Å²) in [6.45, 7) is 0. The van der Waals surface area contributed by atoms with Crippen LogP contribution in [-0.4, -0.2) is 16.7 Å². The Kier molecular flexibility index (Phi) is 5.37. The first-order chi connectivity index (χ1) is 13.7. The van der Waals surface area contributed by atoms with E-state index >= 15 is 0 Å². The normalized spacial score (nSPS) is 10.9. The van der Waals surface area contributed by atoms with Crippen LogP contribution in [-0.2, 0) is 5.75 Å². The monoisotopic (exact) mass is 408 g/mol. The second-order valence-corrected chi connectivity index (χ2v) is 7.51. The number of para-hydroxylation sites is 2. The zero-order chi connectivity index (χ0) is 19.5. The molecule has 1 aromatic heterocycles. The number of halogens is 1. The van der Waals surface area contributed by atoms with E-state index in [9.17, 15) is 4.79 Å². The van der Waals surface area contributed by atoms with E-state index in [1.54, 1.807) is 23.8 Å². The SMILES string of the molecule is COc1ccc(Cl)cc1CSc1nc2ccccc2c(=O)n1-c1ccccc1. The van der Waals surface area contributed by atoms with Crippen molar-refractivity contribution in [1.29, 1.82) is 0 Å². The Morgan fingerprint density at radius 3 is 2.57 bits per heavy atom. The van der Waals surface area contributed by atoms with Gasteiger partial charge in [-0.3, -0.25) is 9.36 Å². The smallest absolute Gasteiger partial charge is 0.266 e. The maximum Gasteiger partial charge on any atom is 0.266 e. The molecule has 0 atom stereocenters. The van der Waals surface area contributed by atoms with E-state index in [4.69, 9.17) is 21.3 Å². The van der Waals surface area contributed by atoms with Crippen LogP contribution in [0.4, 0.5) is 0 Å². The summed E-state index contributed by atoms with van der Waals surface area (Å²) >= 11 is 7.63. The van der Waals surface area contributed by atoms with Crippen molar-refractivity contribution >= 4 is 34.3 Å². The molecule has 0 aliphatic rings. The average Bonchev–Trinajstić information content (AvgIpc) is 2.73. The van der Waals surface area contributed by atoms with Crippen molar-refractivity contribution in [3.63, 3.8) is 0 Å². The Labute approximate surface area is 171 Å². The van der Waals surface area contributed by atoms with Crippen molar-refractivity contribution in [2.45, 2.75) is 10.9 Å². The second-order valence-electron chi connectivity index (χ2n) is 6.13. The van der Waals surface area contributed by atoms with Gasteiger partial charge in [-0.15, -0.1) is 0 Å². The predicted molar refractivity (Wildman–Crippen MR) is 115 cm³/mol. The summed E-state index contributed by atoms with van der Waals surface area (Å²) < 4.78 is 7.09. The molecule has 1 heterocycles. The summed E-state index contributed by atoms with van der Waals surface area (Å²) in [6, 6.07) is 22.5. The summed E-state index contributed by atoms with van der Waals surface area (Å²) in [7, 11) is 1.63. The van der Waals surface area contributed by atoms with E-state index < -0.39 is 0 Å². The van der Waals surface area contributed by atoms with Gasteiger partial charge in [0.1, 0.15) is 5.75 Å². The van der Waals surface area contributed by atoms with Crippen molar-refractivity contribution in [2.75, 3.05) is 7.11 Å². The molecule has 0 aliphatic heterocycles. The molecule has 6 heteroatoms. The van der Waals surface area contributed by atoms with Crippen LogP contribution in [0.1, 0.15) is 5.56 Å². The third-order valence-corrected chi connectivity index (χ3v) is 5.58. The second kappa shape index (κ2) is 8.09. The van der Waals surface area contributed by atoms with Gasteiger partial charge >= 0.3 is 0 Å². The third-order valence-electron chi connectivity index (χ3n) is 4.36. The molecule has 28 heavy (non-hydrogen) atoms. The number of fused-ring (bicyclic) bond motifs is 1. The number of thioether (sulfide) groups is 1. The minimum atomic E-state index is -0.0858. The number of aromatic nitrogens is 2. The molecule has 0 spiro atoms. The fraction of sp³-hybridized carbons (Fsp3) is 0.0909. The molecule has 4 nitrogen and oxygen atoms in total. The van der Waals surface area contributed by atoms with Gasteiger partial charge < -0.3 is 4.74 Å². The Morgan fingerprint density at radius 2 is 1.79 bits per heavy atom. The molecule has 0 unspecified atom stereocenters.